The van der Waals surface area contributed by atoms with Crippen molar-refractivity contribution in [2.45, 2.75) is 0 Å². The van der Waals surface area contributed by atoms with Gasteiger partial charge in [-0.25, -0.2) is 0 Å². The van der Waals surface area contributed by atoms with Gasteiger partial charge in [-0.2, -0.15) is 0 Å². The first-order valence-corrected chi connectivity index (χ1v) is 10.0. The van der Waals surface area contributed by atoms with Crippen LogP contribution in [-0.4, -0.2) is 15.0 Å². The summed E-state index contributed by atoms with van der Waals surface area (Å²) in [6.07, 6.45) is 0. The van der Waals surface area contributed by atoms with Crippen LogP contribution in [0, 0.1) is 0 Å². The highest BCUT2D eigenvalue weighted by atomic mass is 35.5. The van der Waals surface area contributed by atoms with Crippen LogP contribution >= 0.6 is 11.6 Å². The Morgan fingerprint density at radius 2 is 1.26 bits per heavy atom. The molecule has 4 aromatic carbocycles. The molecule has 0 spiro atoms. The van der Waals surface area contributed by atoms with E-state index in [1.165, 1.54) is 5.56 Å². The molecule has 152 valence electrons. The van der Waals surface area contributed by atoms with Crippen LogP contribution in [0.2, 0.25) is 5.02 Å². The fraction of sp³-hybridized carbons (Fsp3) is 0. The van der Waals surface area contributed by atoms with Crippen molar-refractivity contribution >= 4 is 11.6 Å². The lowest BCUT2D eigenvalue weighted by Crippen LogP contribution is -3.00. The average molecular weight is 445 g/mol. The van der Waals surface area contributed by atoms with Crippen molar-refractivity contribution in [2.24, 2.45) is 0 Å². The molecule has 4 nitrogen and oxygen atoms in total. The van der Waals surface area contributed by atoms with Crippen LogP contribution in [0.25, 0.3) is 33.9 Å². The van der Waals surface area contributed by atoms with Gasteiger partial charge in [0.05, 0.1) is 10.7 Å². The van der Waals surface area contributed by atoms with Gasteiger partial charge in [0.15, 0.2) is 5.69 Å². The molecule has 1 heterocycles. The molecule has 0 atom stereocenters. The van der Waals surface area contributed by atoms with Crippen LogP contribution in [0.3, 0.4) is 0 Å². The van der Waals surface area contributed by atoms with Gasteiger partial charge in [-0.1, -0.05) is 78.3 Å². The average Bonchev–Trinajstić information content (AvgIpc) is 3.26. The first-order valence-electron chi connectivity index (χ1n) is 9.65. The highest BCUT2D eigenvalue weighted by Gasteiger charge is 2.23. The van der Waals surface area contributed by atoms with Crippen molar-refractivity contribution in [1.29, 1.82) is 0 Å². The van der Waals surface area contributed by atoms with Crippen LogP contribution in [0.4, 0.5) is 0 Å². The zero-order valence-electron chi connectivity index (χ0n) is 16.4. The van der Waals surface area contributed by atoms with E-state index in [9.17, 15) is 0 Å². The molecule has 0 saturated heterocycles. The molecule has 31 heavy (non-hydrogen) atoms. The van der Waals surface area contributed by atoms with Gasteiger partial charge in [0.25, 0.3) is 0 Å². The summed E-state index contributed by atoms with van der Waals surface area (Å²) < 4.78 is 0. The maximum atomic E-state index is 6.22. The fourth-order valence-electron chi connectivity index (χ4n) is 3.34. The Morgan fingerprint density at radius 3 is 1.94 bits per heavy atom. The molecule has 5 aromatic rings. The normalized spacial score (nSPS) is 10.5. The number of hydrogen-bond donors (Lipinski definition) is 0. The molecule has 6 heteroatoms. The third kappa shape index (κ3) is 4.36. The minimum atomic E-state index is 0. The minimum absolute atomic E-state index is 0. The van der Waals surface area contributed by atoms with Gasteiger partial charge < -0.3 is 12.4 Å². The van der Waals surface area contributed by atoms with Crippen LogP contribution in [-0.2, 0) is 0 Å². The summed E-state index contributed by atoms with van der Waals surface area (Å²) in [6.45, 7) is 0. The molecular weight excluding hydrogens is 427 g/mol. The predicted molar refractivity (Wildman–Crippen MR) is 119 cm³/mol. The second-order valence-corrected chi connectivity index (χ2v) is 7.30. The van der Waals surface area contributed by atoms with Crippen molar-refractivity contribution in [2.75, 3.05) is 0 Å². The molecule has 0 radical (unpaired) electrons. The van der Waals surface area contributed by atoms with E-state index in [2.05, 4.69) is 36.4 Å². The maximum absolute atomic E-state index is 6.22. The van der Waals surface area contributed by atoms with Crippen molar-refractivity contribution in [3.05, 3.63) is 114 Å². The lowest BCUT2D eigenvalue weighted by atomic mass is 10.0. The number of halogens is 2. The number of aromatic nitrogens is 4. The van der Waals surface area contributed by atoms with Gasteiger partial charge in [-0.15, -0.1) is 0 Å². The smallest absolute Gasteiger partial charge is 0.340 e. The standard InChI is InChI=1S/C25H18ClN4.ClH/c26-22-10-7-13-24(18-22)30-28-25(27-29(30)23-11-5-2-6-12-23)21-16-14-20(15-17-21)19-8-3-1-4-9-19;/h1-18H;1H/q+1;/p-1. The molecule has 0 bridgehead atoms. The van der Waals surface area contributed by atoms with Crippen molar-refractivity contribution in [1.82, 2.24) is 15.0 Å². The maximum Gasteiger partial charge on any atom is 0.340 e. The van der Waals surface area contributed by atoms with Crippen LogP contribution in [0.1, 0.15) is 0 Å². The summed E-state index contributed by atoms with van der Waals surface area (Å²) >= 11 is 6.22. The number of hydrogen-bond acceptors (Lipinski definition) is 2. The number of nitrogens with zero attached hydrogens (tertiary/aromatic N) is 4. The number of benzene rings is 4. The molecule has 1 aromatic heterocycles. The third-order valence-electron chi connectivity index (χ3n) is 4.83. The summed E-state index contributed by atoms with van der Waals surface area (Å²) in [6, 6.07) is 36.1. The van der Waals surface area contributed by atoms with Gasteiger partial charge >= 0.3 is 5.82 Å². The molecule has 5 rings (SSSR count). The first-order chi connectivity index (χ1) is 14.8. The third-order valence-corrected chi connectivity index (χ3v) is 5.07. The summed E-state index contributed by atoms with van der Waals surface area (Å²) in [7, 11) is 0. The van der Waals surface area contributed by atoms with E-state index in [1.54, 1.807) is 9.59 Å². The van der Waals surface area contributed by atoms with Crippen LogP contribution in [0.15, 0.2) is 109 Å². The van der Waals surface area contributed by atoms with E-state index in [0.29, 0.717) is 10.8 Å². The van der Waals surface area contributed by atoms with E-state index >= 15 is 0 Å². The second kappa shape index (κ2) is 9.13. The van der Waals surface area contributed by atoms with Gasteiger partial charge in [-0.3, -0.25) is 0 Å². The van der Waals surface area contributed by atoms with Crippen molar-refractivity contribution in [3.8, 4) is 33.9 Å². The molecule has 0 saturated carbocycles. The van der Waals surface area contributed by atoms with E-state index in [0.717, 1.165) is 22.5 Å². The number of rotatable bonds is 4. The Kier molecular flexibility index (Phi) is 6.12. The molecule has 0 fully saturated rings. The molecule has 0 amide bonds. The Morgan fingerprint density at radius 1 is 0.645 bits per heavy atom. The van der Waals surface area contributed by atoms with Crippen molar-refractivity contribution < 1.29 is 17.2 Å². The van der Waals surface area contributed by atoms with Crippen LogP contribution < -0.4 is 17.2 Å². The van der Waals surface area contributed by atoms with Crippen molar-refractivity contribution in [3.63, 3.8) is 0 Å². The Balaban J connectivity index is 0.00000231. The second-order valence-electron chi connectivity index (χ2n) is 6.86. The minimum Gasteiger partial charge on any atom is -1.00 e. The Hall–Kier alpha value is -3.47. The predicted octanol–water partition coefficient (Wildman–Crippen LogP) is 2.54. The Labute approximate surface area is 191 Å². The van der Waals surface area contributed by atoms with Crippen LogP contribution in [0.5, 0.6) is 0 Å². The summed E-state index contributed by atoms with van der Waals surface area (Å²) in [5.41, 5.74) is 5.04. The molecule has 0 aliphatic rings. The lowest BCUT2D eigenvalue weighted by molar-refractivity contribution is -0.734. The topological polar surface area (TPSA) is 34.6 Å². The first kappa shape index (κ1) is 20.8. The molecular formula is C25H18Cl2N4. The number of tetrazole rings is 1. The highest BCUT2D eigenvalue weighted by molar-refractivity contribution is 6.30. The van der Waals surface area contributed by atoms with Gasteiger partial charge in [0.1, 0.15) is 5.69 Å². The molecule has 0 aliphatic carbocycles. The van der Waals surface area contributed by atoms with Gasteiger partial charge in [0, 0.05) is 9.82 Å². The Bertz CT molecular complexity index is 1280. The van der Waals surface area contributed by atoms with Gasteiger partial charge in [0.2, 0.25) is 0 Å². The highest BCUT2D eigenvalue weighted by Crippen LogP contribution is 2.23. The molecule has 0 N–H and O–H groups in total. The summed E-state index contributed by atoms with van der Waals surface area (Å²) in [5, 5.41) is 10.2. The molecule has 0 aliphatic heterocycles. The SMILES string of the molecule is Clc1cccc(-n2nc(-c3ccc(-c4ccccc4)cc3)n[n+]2-c2ccccc2)c1.[Cl-]. The summed E-state index contributed by atoms with van der Waals surface area (Å²) in [4.78, 5) is 3.55. The quantitative estimate of drug-likeness (QED) is 0.399. The van der Waals surface area contributed by atoms with E-state index in [4.69, 9.17) is 21.8 Å². The number of para-hydroxylation sites is 1. The van der Waals surface area contributed by atoms with Gasteiger partial charge in [-0.05, 0) is 63.5 Å². The fourth-order valence-corrected chi connectivity index (χ4v) is 3.52. The van der Waals surface area contributed by atoms with E-state index in [-0.39, 0.29) is 12.4 Å². The van der Waals surface area contributed by atoms with E-state index < -0.39 is 0 Å². The zero-order valence-corrected chi connectivity index (χ0v) is 17.9. The molecule has 0 unspecified atom stereocenters. The monoisotopic (exact) mass is 444 g/mol. The lowest BCUT2D eigenvalue weighted by Gasteiger charge is -2.00. The largest absolute Gasteiger partial charge is 1.00 e. The zero-order chi connectivity index (χ0) is 20.3. The summed E-state index contributed by atoms with van der Waals surface area (Å²) in [5.74, 6) is 0.637. The van der Waals surface area contributed by atoms with E-state index in [1.807, 2.05) is 72.8 Å².